The van der Waals surface area contributed by atoms with Gasteiger partial charge < -0.3 is 26.8 Å². The number of carboxylic acid groups (broad SMARTS) is 1. The molecule has 92 valence electrons. The van der Waals surface area contributed by atoms with Crippen molar-refractivity contribution in [3.63, 3.8) is 0 Å². The van der Waals surface area contributed by atoms with Gasteiger partial charge in [0.05, 0.1) is 5.92 Å². The van der Waals surface area contributed by atoms with E-state index in [9.17, 15) is 14.4 Å². The molecule has 0 saturated heterocycles. The van der Waals surface area contributed by atoms with E-state index in [1.807, 2.05) is 0 Å². The highest BCUT2D eigenvalue weighted by Gasteiger charge is 2.11. The first-order valence-electron chi connectivity index (χ1n) is 4.71. The number of aliphatic carboxylic acids is 1. The molecule has 1 atom stereocenters. The second-order valence-electron chi connectivity index (χ2n) is 3.17. The van der Waals surface area contributed by atoms with Gasteiger partial charge in [0, 0.05) is 19.6 Å². The van der Waals surface area contributed by atoms with Crippen molar-refractivity contribution in [2.45, 2.75) is 6.92 Å². The predicted octanol–water partition coefficient (Wildman–Crippen LogP) is -1.33. The molecular weight excluding hydrogens is 216 g/mol. The summed E-state index contributed by atoms with van der Waals surface area (Å²) in [6.45, 7) is 1.97. The standard InChI is InChI=1S/C8H16N4O4/c1-5(6(13)14)4-12-8(16)11-3-2-10-7(9)15/h5H,2-4H2,1H3,(H,13,14)(H3,9,10,15)(H2,11,12,16). The van der Waals surface area contributed by atoms with Crippen LogP contribution in [-0.4, -0.2) is 42.8 Å². The molecule has 0 heterocycles. The lowest BCUT2D eigenvalue weighted by atomic mass is 10.2. The highest BCUT2D eigenvalue weighted by atomic mass is 16.4. The average Bonchev–Trinajstić information content (AvgIpc) is 2.20. The van der Waals surface area contributed by atoms with E-state index in [-0.39, 0.29) is 19.6 Å². The smallest absolute Gasteiger partial charge is 0.314 e. The average molecular weight is 232 g/mol. The van der Waals surface area contributed by atoms with Crippen molar-refractivity contribution in [2.75, 3.05) is 19.6 Å². The first-order chi connectivity index (χ1) is 7.43. The van der Waals surface area contributed by atoms with E-state index in [1.54, 1.807) is 0 Å². The fourth-order valence-corrected chi connectivity index (χ4v) is 0.757. The Balaban J connectivity index is 3.52. The molecule has 1 unspecified atom stereocenters. The zero-order chi connectivity index (χ0) is 12.6. The second kappa shape index (κ2) is 7.32. The lowest BCUT2D eigenvalue weighted by Gasteiger charge is -2.09. The molecule has 16 heavy (non-hydrogen) atoms. The minimum atomic E-state index is -0.976. The molecule has 0 bridgehead atoms. The maximum atomic E-state index is 11.1. The van der Waals surface area contributed by atoms with E-state index in [1.165, 1.54) is 6.92 Å². The monoisotopic (exact) mass is 232 g/mol. The van der Waals surface area contributed by atoms with E-state index in [0.717, 1.165) is 0 Å². The van der Waals surface area contributed by atoms with Gasteiger partial charge in [0.1, 0.15) is 0 Å². The number of carbonyl (C=O) groups excluding carboxylic acids is 2. The van der Waals surface area contributed by atoms with Crippen molar-refractivity contribution >= 4 is 18.0 Å². The summed E-state index contributed by atoms with van der Waals surface area (Å²) in [5.41, 5.74) is 4.80. The Hall–Kier alpha value is -1.99. The lowest BCUT2D eigenvalue weighted by Crippen LogP contribution is -2.43. The van der Waals surface area contributed by atoms with Crippen LogP contribution in [0.4, 0.5) is 9.59 Å². The summed E-state index contributed by atoms with van der Waals surface area (Å²) in [6.07, 6.45) is 0. The van der Waals surface area contributed by atoms with Crippen LogP contribution in [0.15, 0.2) is 0 Å². The largest absolute Gasteiger partial charge is 0.481 e. The third kappa shape index (κ3) is 7.42. The molecular formula is C8H16N4O4. The minimum Gasteiger partial charge on any atom is -0.481 e. The van der Waals surface area contributed by atoms with Gasteiger partial charge >= 0.3 is 18.0 Å². The SMILES string of the molecule is CC(CNC(=O)NCCNC(N)=O)C(=O)O. The van der Waals surface area contributed by atoms with E-state index in [0.29, 0.717) is 0 Å². The molecule has 0 radical (unpaired) electrons. The molecule has 0 saturated carbocycles. The normalized spacial score (nSPS) is 11.3. The van der Waals surface area contributed by atoms with E-state index in [2.05, 4.69) is 16.0 Å². The van der Waals surface area contributed by atoms with Gasteiger partial charge in [0.25, 0.3) is 0 Å². The number of hydrogen-bond donors (Lipinski definition) is 5. The van der Waals surface area contributed by atoms with E-state index >= 15 is 0 Å². The Labute approximate surface area is 92.6 Å². The lowest BCUT2D eigenvalue weighted by molar-refractivity contribution is -0.140. The molecule has 0 aliphatic rings. The summed E-state index contributed by atoms with van der Waals surface area (Å²) in [5, 5.41) is 15.6. The van der Waals surface area contributed by atoms with Gasteiger partial charge in [-0.25, -0.2) is 9.59 Å². The number of carboxylic acids is 1. The summed E-state index contributed by atoms with van der Waals surface area (Å²) in [5.74, 6) is -1.62. The molecule has 0 rings (SSSR count). The van der Waals surface area contributed by atoms with Crippen LogP contribution in [0.2, 0.25) is 0 Å². The van der Waals surface area contributed by atoms with Crippen LogP contribution in [0.5, 0.6) is 0 Å². The van der Waals surface area contributed by atoms with Crippen LogP contribution in [0.1, 0.15) is 6.92 Å². The van der Waals surface area contributed by atoms with Crippen LogP contribution < -0.4 is 21.7 Å². The molecule has 0 aliphatic heterocycles. The van der Waals surface area contributed by atoms with Crippen LogP contribution >= 0.6 is 0 Å². The van der Waals surface area contributed by atoms with Crippen molar-refractivity contribution in [2.24, 2.45) is 11.7 Å². The van der Waals surface area contributed by atoms with Crippen molar-refractivity contribution in [1.82, 2.24) is 16.0 Å². The highest BCUT2D eigenvalue weighted by Crippen LogP contribution is 1.90. The molecule has 6 N–H and O–H groups in total. The molecule has 0 spiro atoms. The summed E-state index contributed by atoms with van der Waals surface area (Å²) in [7, 11) is 0. The van der Waals surface area contributed by atoms with Gasteiger partial charge in [0.15, 0.2) is 0 Å². The fraction of sp³-hybridized carbons (Fsp3) is 0.625. The summed E-state index contributed by atoms with van der Waals surface area (Å²) >= 11 is 0. The maximum absolute atomic E-state index is 11.1. The van der Waals surface area contributed by atoms with Crippen LogP contribution in [0, 0.1) is 5.92 Å². The quantitative estimate of drug-likeness (QED) is 0.363. The number of primary amides is 1. The second-order valence-corrected chi connectivity index (χ2v) is 3.17. The van der Waals surface area contributed by atoms with Gasteiger partial charge in [-0.1, -0.05) is 6.92 Å². The highest BCUT2D eigenvalue weighted by molar-refractivity contribution is 5.75. The molecule has 8 nitrogen and oxygen atoms in total. The number of amides is 4. The molecule has 4 amide bonds. The van der Waals surface area contributed by atoms with Gasteiger partial charge in [-0.3, -0.25) is 4.79 Å². The summed E-state index contributed by atoms with van der Waals surface area (Å²) < 4.78 is 0. The first kappa shape index (κ1) is 14.0. The first-order valence-corrected chi connectivity index (χ1v) is 4.71. The molecule has 8 heteroatoms. The van der Waals surface area contributed by atoms with Crippen LogP contribution in [0.3, 0.4) is 0 Å². The van der Waals surface area contributed by atoms with Gasteiger partial charge in [-0.2, -0.15) is 0 Å². The Morgan fingerprint density at radius 2 is 1.75 bits per heavy atom. The third-order valence-electron chi connectivity index (χ3n) is 1.70. The van der Waals surface area contributed by atoms with Gasteiger partial charge in [0.2, 0.25) is 0 Å². The van der Waals surface area contributed by atoms with Crippen molar-refractivity contribution in [3.05, 3.63) is 0 Å². The number of rotatable bonds is 6. The third-order valence-corrected chi connectivity index (χ3v) is 1.70. The number of hydrogen-bond acceptors (Lipinski definition) is 3. The Morgan fingerprint density at radius 1 is 1.19 bits per heavy atom. The van der Waals surface area contributed by atoms with E-state index < -0.39 is 23.9 Å². The Morgan fingerprint density at radius 3 is 2.25 bits per heavy atom. The molecule has 0 aliphatic carbocycles. The van der Waals surface area contributed by atoms with Gasteiger partial charge in [-0.05, 0) is 0 Å². The number of nitrogens with two attached hydrogens (primary N) is 1. The summed E-state index contributed by atoms with van der Waals surface area (Å²) in [6, 6.07) is -1.15. The molecule has 0 aromatic carbocycles. The van der Waals surface area contributed by atoms with Crippen molar-refractivity contribution in [3.8, 4) is 0 Å². The van der Waals surface area contributed by atoms with Crippen molar-refractivity contribution in [1.29, 1.82) is 0 Å². The number of carbonyl (C=O) groups is 3. The molecule has 0 aromatic heterocycles. The van der Waals surface area contributed by atoms with Gasteiger partial charge in [-0.15, -0.1) is 0 Å². The summed E-state index contributed by atoms with van der Waals surface area (Å²) in [4.78, 5) is 31.7. The van der Waals surface area contributed by atoms with Crippen LogP contribution in [-0.2, 0) is 4.79 Å². The Bertz CT molecular complexity index is 269. The topological polar surface area (TPSA) is 134 Å². The van der Waals surface area contributed by atoms with E-state index in [4.69, 9.17) is 10.8 Å². The minimum absolute atomic E-state index is 0.0460. The number of nitrogens with one attached hydrogen (secondary N) is 3. The maximum Gasteiger partial charge on any atom is 0.314 e. The predicted molar refractivity (Wildman–Crippen MR) is 55.8 cm³/mol. The zero-order valence-electron chi connectivity index (χ0n) is 8.95. The Kier molecular flexibility index (Phi) is 6.41. The number of urea groups is 2. The van der Waals surface area contributed by atoms with Crippen LogP contribution in [0.25, 0.3) is 0 Å². The van der Waals surface area contributed by atoms with Crippen molar-refractivity contribution < 1.29 is 19.5 Å². The molecule has 0 fully saturated rings. The molecule has 0 aromatic rings. The fourth-order valence-electron chi connectivity index (χ4n) is 0.757. The zero-order valence-corrected chi connectivity index (χ0v) is 8.95.